The van der Waals surface area contributed by atoms with E-state index in [0.717, 1.165) is 13.2 Å². The molecule has 0 aromatic rings. The van der Waals surface area contributed by atoms with Gasteiger partial charge in [0.15, 0.2) is 5.54 Å². The van der Waals surface area contributed by atoms with Crippen LogP contribution in [0.3, 0.4) is 0 Å². The molecule has 0 bridgehead atoms. The third-order valence-electron chi connectivity index (χ3n) is 2.39. The van der Waals surface area contributed by atoms with Gasteiger partial charge in [-0.2, -0.15) is 13.2 Å². The lowest BCUT2D eigenvalue weighted by Gasteiger charge is -2.33. The fourth-order valence-corrected chi connectivity index (χ4v) is 1.62. The van der Waals surface area contributed by atoms with Crippen LogP contribution in [0.5, 0.6) is 0 Å². The third-order valence-corrected chi connectivity index (χ3v) is 2.39. The van der Waals surface area contributed by atoms with Crippen molar-refractivity contribution in [1.82, 2.24) is 4.90 Å². The topological polar surface area (TPSA) is 66.8 Å². The quantitative estimate of drug-likeness (QED) is 0.740. The van der Waals surface area contributed by atoms with Gasteiger partial charge in [0.1, 0.15) is 0 Å². The normalized spacial score (nSPS) is 24.1. The van der Waals surface area contributed by atoms with Crippen molar-refractivity contribution in [2.24, 2.45) is 0 Å². The SMILES string of the molecule is COCC1(C(=O)O)C=CCN1C(=O)C(F)(F)F. The maximum atomic E-state index is 12.3. The van der Waals surface area contributed by atoms with Crippen LogP contribution in [0.25, 0.3) is 0 Å². The van der Waals surface area contributed by atoms with Crippen LogP contribution < -0.4 is 0 Å². The Bertz CT molecular complexity index is 366. The average molecular weight is 253 g/mol. The van der Waals surface area contributed by atoms with Gasteiger partial charge in [0.2, 0.25) is 0 Å². The van der Waals surface area contributed by atoms with Crippen LogP contribution in [0, 0.1) is 0 Å². The van der Waals surface area contributed by atoms with Gasteiger partial charge in [0.25, 0.3) is 0 Å². The first-order valence-corrected chi connectivity index (χ1v) is 4.54. The summed E-state index contributed by atoms with van der Waals surface area (Å²) in [5.41, 5.74) is -2.08. The molecule has 0 fully saturated rings. The molecule has 0 spiro atoms. The summed E-state index contributed by atoms with van der Waals surface area (Å²) in [4.78, 5) is 22.4. The Kier molecular flexibility index (Phi) is 3.46. The predicted molar refractivity (Wildman–Crippen MR) is 49.2 cm³/mol. The van der Waals surface area contributed by atoms with E-state index in [4.69, 9.17) is 5.11 Å². The summed E-state index contributed by atoms with van der Waals surface area (Å²) in [6.07, 6.45) is -2.89. The molecule has 1 atom stereocenters. The van der Waals surface area contributed by atoms with Crippen LogP contribution in [0.4, 0.5) is 13.2 Å². The molecule has 1 rings (SSSR count). The Morgan fingerprint density at radius 2 is 2.12 bits per heavy atom. The number of amides is 1. The van der Waals surface area contributed by atoms with Crippen LogP contribution in [-0.2, 0) is 14.3 Å². The molecule has 1 N–H and O–H groups in total. The zero-order chi connectivity index (χ0) is 13.3. The van der Waals surface area contributed by atoms with E-state index in [9.17, 15) is 22.8 Å². The van der Waals surface area contributed by atoms with Crippen LogP contribution >= 0.6 is 0 Å². The number of ether oxygens (including phenoxy) is 1. The highest BCUT2D eigenvalue weighted by atomic mass is 19.4. The lowest BCUT2D eigenvalue weighted by Crippen LogP contribution is -2.59. The summed E-state index contributed by atoms with van der Waals surface area (Å²) in [6, 6.07) is 0. The van der Waals surface area contributed by atoms with Gasteiger partial charge < -0.3 is 14.7 Å². The molecule has 1 heterocycles. The van der Waals surface area contributed by atoms with Crippen molar-refractivity contribution in [3.8, 4) is 0 Å². The number of halogens is 3. The first-order valence-electron chi connectivity index (χ1n) is 4.54. The van der Waals surface area contributed by atoms with Gasteiger partial charge in [0.05, 0.1) is 6.61 Å². The van der Waals surface area contributed by atoms with E-state index >= 15 is 0 Å². The van der Waals surface area contributed by atoms with Gasteiger partial charge in [-0.25, -0.2) is 4.79 Å². The number of carboxylic acid groups (broad SMARTS) is 1. The maximum absolute atomic E-state index is 12.3. The molecule has 1 aliphatic heterocycles. The van der Waals surface area contributed by atoms with E-state index in [1.807, 2.05) is 0 Å². The minimum Gasteiger partial charge on any atom is -0.479 e. The molecule has 96 valence electrons. The fraction of sp³-hybridized carbons (Fsp3) is 0.556. The van der Waals surface area contributed by atoms with E-state index in [-0.39, 0.29) is 4.90 Å². The molecule has 1 aliphatic rings. The zero-order valence-corrected chi connectivity index (χ0v) is 8.82. The number of nitrogens with zero attached hydrogens (tertiary/aromatic N) is 1. The molecule has 1 unspecified atom stereocenters. The maximum Gasteiger partial charge on any atom is 0.471 e. The number of alkyl halides is 3. The molecule has 5 nitrogen and oxygen atoms in total. The largest absolute Gasteiger partial charge is 0.479 e. The van der Waals surface area contributed by atoms with Crippen LogP contribution in [0.1, 0.15) is 0 Å². The average Bonchev–Trinajstić information content (AvgIpc) is 2.60. The Morgan fingerprint density at radius 3 is 2.53 bits per heavy atom. The van der Waals surface area contributed by atoms with E-state index in [1.165, 1.54) is 6.08 Å². The molecule has 0 saturated heterocycles. The van der Waals surface area contributed by atoms with E-state index in [0.29, 0.717) is 0 Å². The van der Waals surface area contributed by atoms with Gasteiger partial charge >= 0.3 is 18.1 Å². The zero-order valence-electron chi connectivity index (χ0n) is 8.82. The summed E-state index contributed by atoms with van der Waals surface area (Å²) in [7, 11) is 1.15. The van der Waals surface area contributed by atoms with Crippen LogP contribution in [-0.4, -0.2) is 53.9 Å². The predicted octanol–water partition coefficient (Wildman–Crippen LogP) is 0.417. The van der Waals surface area contributed by atoms with Crippen molar-refractivity contribution in [1.29, 1.82) is 0 Å². The number of aliphatic carboxylic acids is 1. The number of carboxylic acids is 1. The highest BCUT2D eigenvalue weighted by Crippen LogP contribution is 2.29. The van der Waals surface area contributed by atoms with E-state index in [2.05, 4.69) is 4.74 Å². The Morgan fingerprint density at radius 1 is 1.53 bits per heavy atom. The number of hydrogen-bond donors (Lipinski definition) is 1. The Labute approximate surface area is 94.5 Å². The fourth-order valence-electron chi connectivity index (χ4n) is 1.62. The van der Waals surface area contributed by atoms with Gasteiger partial charge in [-0.15, -0.1) is 0 Å². The number of carbonyl (C=O) groups excluding carboxylic acids is 1. The van der Waals surface area contributed by atoms with Gasteiger partial charge in [0, 0.05) is 13.7 Å². The number of carbonyl (C=O) groups is 2. The van der Waals surface area contributed by atoms with Crippen molar-refractivity contribution in [3.63, 3.8) is 0 Å². The standard InChI is InChI=1S/C9H10F3NO4/c1-17-5-8(7(15)16)3-2-4-13(8)6(14)9(10,11)12/h2-3H,4-5H2,1H3,(H,15,16). The molecule has 0 aromatic carbocycles. The van der Waals surface area contributed by atoms with Crippen molar-refractivity contribution in [2.75, 3.05) is 20.3 Å². The molecular formula is C9H10F3NO4. The minimum absolute atomic E-state index is 0.235. The lowest BCUT2D eigenvalue weighted by atomic mass is 10.0. The van der Waals surface area contributed by atoms with Crippen molar-refractivity contribution >= 4 is 11.9 Å². The summed E-state index contributed by atoms with van der Waals surface area (Å²) in [5, 5.41) is 8.99. The molecule has 0 aromatic heterocycles. The van der Waals surface area contributed by atoms with Crippen molar-refractivity contribution in [3.05, 3.63) is 12.2 Å². The summed E-state index contributed by atoms with van der Waals surface area (Å²) in [6.45, 7) is -0.950. The first kappa shape index (κ1) is 13.5. The Balaban J connectivity index is 3.08. The van der Waals surface area contributed by atoms with Crippen LogP contribution in [0.2, 0.25) is 0 Å². The highest BCUT2D eigenvalue weighted by molar-refractivity contribution is 5.92. The Hall–Kier alpha value is -1.57. The molecule has 17 heavy (non-hydrogen) atoms. The van der Waals surface area contributed by atoms with E-state index < -0.39 is 36.7 Å². The molecular weight excluding hydrogens is 243 g/mol. The molecule has 0 aliphatic carbocycles. The first-order chi connectivity index (χ1) is 7.75. The second-order valence-corrected chi connectivity index (χ2v) is 3.48. The van der Waals surface area contributed by atoms with E-state index in [1.54, 1.807) is 0 Å². The van der Waals surface area contributed by atoms with Crippen molar-refractivity contribution in [2.45, 2.75) is 11.7 Å². The lowest BCUT2D eigenvalue weighted by molar-refractivity contribution is -0.193. The number of hydrogen-bond acceptors (Lipinski definition) is 3. The van der Waals surface area contributed by atoms with Crippen molar-refractivity contribution < 1.29 is 32.6 Å². The summed E-state index contributed by atoms with van der Waals surface area (Å²) < 4.78 is 41.5. The van der Waals surface area contributed by atoms with Gasteiger partial charge in [-0.05, 0) is 6.08 Å². The molecule has 1 amide bonds. The van der Waals surface area contributed by atoms with Gasteiger partial charge in [-0.1, -0.05) is 6.08 Å². The summed E-state index contributed by atoms with van der Waals surface area (Å²) >= 11 is 0. The molecule has 8 heteroatoms. The molecule has 0 saturated carbocycles. The van der Waals surface area contributed by atoms with Crippen LogP contribution in [0.15, 0.2) is 12.2 Å². The second kappa shape index (κ2) is 4.36. The highest BCUT2D eigenvalue weighted by Gasteiger charge is 2.54. The number of rotatable bonds is 3. The third kappa shape index (κ3) is 2.26. The smallest absolute Gasteiger partial charge is 0.471 e. The monoisotopic (exact) mass is 253 g/mol. The number of methoxy groups -OCH3 is 1. The summed E-state index contributed by atoms with van der Waals surface area (Å²) in [5.74, 6) is -3.76. The molecule has 0 radical (unpaired) electrons. The minimum atomic E-state index is -5.11. The second-order valence-electron chi connectivity index (χ2n) is 3.48. The van der Waals surface area contributed by atoms with Gasteiger partial charge in [-0.3, -0.25) is 4.79 Å².